The van der Waals surface area contributed by atoms with Gasteiger partial charge in [-0.1, -0.05) is 80.4 Å². The Morgan fingerprint density at radius 3 is 2.27 bits per heavy atom. The molecule has 132 valence electrons. The van der Waals surface area contributed by atoms with Gasteiger partial charge in [0, 0.05) is 0 Å². The second-order valence-corrected chi connectivity index (χ2v) is 6.48. The summed E-state index contributed by atoms with van der Waals surface area (Å²) in [5.41, 5.74) is 7.36. The van der Waals surface area contributed by atoms with Crippen molar-refractivity contribution in [1.29, 1.82) is 0 Å². The van der Waals surface area contributed by atoms with E-state index in [0.29, 0.717) is 0 Å². The molecule has 0 aliphatic rings. The van der Waals surface area contributed by atoms with E-state index in [1.54, 1.807) is 6.08 Å². The normalized spacial score (nSPS) is 11.8. The average molecular weight is 454 g/mol. The van der Waals surface area contributed by atoms with E-state index in [-0.39, 0.29) is 0 Å². The third-order valence-corrected chi connectivity index (χ3v) is 4.72. The van der Waals surface area contributed by atoms with Crippen molar-refractivity contribution in [1.82, 2.24) is 0 Å². The van der Waals surface area contributed by atoms with Gasteiger partial charge in [0.25, 0.3) is 0 Å². The van der Waals surface area contributed by atoms with E-state index in [1.165, 1.54) is 0 Å². The molecule has 0 atom stereocenters. The third-order valence-electron chi connectivity index (χ3n) is 4.03. The number of rotatable bonds is 7. The topological polar surface area (TPSA) is 9.23 Å². The monoisotopic (exact) mass is 454 g/mol. The van der Waals surface area contributed by atoms with Crippen molar-refractivity contribution in [2.75, 3.05) is 0 Å². The summed E-state index contributed by atoms with van der Waals surface area (Å²) in [5, 5.41) is 0. The summed E-state index contributed by atoms with van der Waals surface area (Å²) in [4.78, 5) is 0. The first-order valence-electron chi connectivity index (χ1n) is 8.33. The summed E-state index contributed by atoms with van der Waals surface area (Å²) in [5.74, 6) is 0.802. The van der Waals surface area contributed by atoms with Gasteiger partial charge in [-0.05, 0) is 58.9 Å². The molecule has 0 amide bonds. The predicted octanol–water partition coefficient (Wildman–Crippen LogP) is 7.78. The quantitative estimate of drug-likeness (QED) is 0.236. The summed E-state index contributed by atoms with van der Waals surface area (Å²) in [6, 6.07) is 16.6. The Hall–Kier alpha value is -2.33. The van der Waals surface area contributed by atoms with Crippen LogP contribution < -0.4 is 0 Å². The van der Waals surface area contributed by atoms with Gasteiger partial charge in [0.1, 0.15) is 5.76 Å². The largest absolute Gasteiger partial charge is 0.433 e. The molecule has 0 unspecified atom stereocenters. The Kier molecular flexibility index (Phi) is 7.22. The molecular weight excluding hydrogens is 431 g/mol. The van der Waals surface area contributed by atoms with Crippen molar-refractivity contribution in [3.8, 4) is 11.1 Å². The maximum Gasteiger partial charge on any atom is 0.192 e. The molecule has 26 heavy (non-hydrogen) atoms. The van der Waals surface area contributed by atoms with E-state index >= 15 is 0 Å². The summed E-state index contributed by atoms with van der Waals surface area (Å²) < 4.78 is 5.28. The summed E-state index contributed by atoms with van der Waals surface area (Å²) >= 11 is 1.88. The SMILES string of the molecule is C=C/C=C(\C=C(/C)OI)C(=C)c1cccc(-c2ccccc2)c1C(=C)C. The van der Waals surface area contributed by atoms with Gasteiger partial charge in [-0.3, -0.25) is 0 Å². The lowest BCUT2D eigenvalue weighted by Crippen LogP contribution is -1.96. The molecule has 0 N–H and O–H groups in total. The summed E-state index contributed by atoms with van der Waals surface area (Å²) in [6.45, 7) is 16.3. The molecule has 2 rings (SSSR count). The van der Waals surface area contributed by atoms with Gasteiger partial charge in [0.05, 0.1) is 0 Å². The molecule has 0 aliphatic heterocycles. The Balaban J connectivity index is 2.66. The fourth-order valence-corrected chi connectivity index (χ4v) is 3.01. The van der Waals surface area contributed by atoms with Crippen LogP contribution in [0.2, 0.25) is 0 Å². The van der Waals surface area contributed by atoms with Crippen LogP contribution in [-0.2, 0) is 3.07 Å². The van der Waals surface area contributed by atoms with Crippen LogP contribution in [0, 0.1) is 0 Å². The van der Waals surface area contributed by atoms with Crippen molar-refractivity contribution in [2.24, 2.45) is 0 Å². The Bertz CT molecular complexity index is 886. The molecule has 2 heteroatoms. The lowest BCUT2D eigenvalue weighted by atomic mass is 9.86. The van der Waals surface area contributed by atoms with Gasteiger partial charge in [0.15, 0.2) is 23.0 Å². The van der Waals surface area contributed by atoms with Gasteiger partial charge in [-0.15, -0.1) is 0 Å². The zero-order chi connectivity index (χ0) is 19.1. The molecule has 1 nitrogen and oxygen atoms in total. The molecule has 0 radical (unpaired) electrons. The van der Waals surface area contributed by atoms with Crippen LogP contribution in [0.5, 0.6) is 0 Å². The minimum atomic E-state index is 0.802. The fourth-order valence-electron chi connectivity index (χ4n) is 2.88. The third kappa shape index (κ3) is 4.64. The molecule has 0 bridgehead atoms. The molecule has 0 fully saturated rings. The number of hydrogen-bond acceptors (Lipinski definition) is 1. The molecule has 0 heterocycles. The number of benzene rings is 2. The van der Waals surface area contributed by atoms with Gasteiger partial charge in [0.2, 0.25) is 0 Å². The van der Waals surface area contributed by atoms with Crippen LogP contribution in [0.15, 0.2) is 97.8 Å². The summed E-state index contributed by atoms with van der Waals surface area (Å²) in [7, 11) is 0. The van der Waals surface area contributed by atoms with Crippen molar-refractivity contribution in [3.05, 3.63) is 109 Å². The van der Waals surface area contributed by atoms with E-state index in [0.717, 1.165) is 44.7 Å². The highest BCUT2D eigenvalue weighted by molar-refractivity contribution is 14.1. The van der Waals surface area contributed by atoms with Crippen LogP contribution in [0.25, 0.3) is 22.3 Å². The molecule has 0 spiro atoms. The molecule has 0 aromatic heterocycles. The molecule has 0 saturated heterocycles. The zero-order valence-corrected chi connectivity index (χ0v) is 17.4. The number of halogens is 1. The second kappa shape index (κ2) is 9.39. The number of allylic oxidation sites excluding steroid dienone is 7. The first kappa shape index (κ1) is 20.0. The highest BCUT2D eigenvalue weighted by Crippen LogP contribution is 2.36. The van der Waals surface area contributed by atoms with E-state index < -0.39 is 0 Å². The predicted molar refractivity (Wildman–Crippen MR) is 123 cm³/mol. The smallest absolute Gasteiger partial charge is 0.192 e. The minimum absolute atomic E-state index is 0.802. The highest BCUT2D eigenvalue weighted by atomic mass is 127. The van der Waals surface area contributed by atoms with E-state index in [1.807, 2.05) is 67.2 Å². The van der Waals surface area contributed by atoms with Crippen LogP contribution in [0.4, 0.5) is 0 Å². The molecular formula is C24H23IO. The maximum absolute atomic E-state index is 5.28. The van der Waals surface area contributed by atoms with Crippen LogP contribution in [0.1, 0.15) is 25.0 Å². The Morgan fingerprint density at radius 2 is 1.69 bits per heavy atom. The lowest BCUT2D eigenvalue weighted by Gasteiger charge is -2.18. The van der Waals surface area contributed by atoms with Gasteiger partial charge >= 0.3 is 0 Å². The molecule has 2 aromatic carbocycles. The van der Waals surface area contributed by atoms with Crippen molar-refractivity contribution in [2.45, 2.75) is 13.8 Å². The van der Waals surface area contributed by atoms with Crippen molar-refractivity contribution in [3.63, 3.8) is 0 Å². The van der Waals surface area contributed by atoms with Crippen molar-refractivity contribution >= 4 is 34.2 Å². The maximum atomic E-state index is 5.28. The second-order valence-electron chi connectivity index (χ2n) is 6.04. The van der Waals surface area contributed by atoms with E-state index in [2.05, 4.69) is 50.1 Å². The molecule has 0 saturated carbocycles. The molecule has 0 aliphatic carbocycles. The molecule has 2 aromatic rings. The van der Waals surface area contributed by atoms with Gasteiger partial charge in [-0.2, -0.15) is 0 Å². The zero-order valence-electron chi connectivity index (χ0n) is 15.3. The van der Waals surface area contributed by atoms with Crippen LogP contribution >= 0.6 is 23.0 Å². The van der Waals surface area contributed by atoms with Gasteiger partial charge in [-0.25, -0.2) is 0 Å². The average Bonchev–Trinajstić information content (AvgIpc) is 2.66. The first-order valence-corrected chi connectivity index (χ1v) is 9.21. The van der Waals surface area contributed by atoms with Crippen LogP contribution in [0.3, 0.4) is 0 Å². The Morgan fingerprint density at radius 1 is 1.00 bits per heavy atom. The number of hydrogen-bond donors (Lipinski definition) is 0. The van der Waals surface area contributed by atoms with Gasteiger partial charge < -0.3 is 3.07 Å². The first-order chi connectivity index (χ1) is 12.5. The van der Waals surface area contributed by atoms with Crippen molar-refractivity contribution < 1.29 is 3.07 Å². The Labute approximate surface area is 170 Å². The minimum Gasteiger partial charge on any atom is -0.433 e. The fraction of sp³-hybridized carbons (Fsp3) is 0.0833. The standard InChI is InChI=1S/C24H23IO/c1-6-11-21(16-18(4)26-25)19(5)22-14-10-15-23(24(22)17(2)3)20-12-8-7-9-13-20/h6-16H,1-2,5H2,3-4H3/b18-16+,21-11+. The lowest BCUT2D eigenvalue weighted by molar-refractivity contribution is 0.564. The summed E-state index contributed by atoms with van der Waals surface area (Å²) in [6.07, 6.45) is 5.67. The van der Waals surface area contributed by atoms with E-state index in [4.69, 9.17) is 3.07 Å². The van der Waals surface area contributed by atoms with Crippen LogP contribution in [-0.4, -0.2) is 0 Å². The highest BCUT2D eigenvalue weighted by Gasteiger charge is 2.14. The van der Waals surface area contributed by atoms with E-state index in [9.17, 15) is 0 Å².